The van der Waals surface area contributed by atoms with Crippen molar-refractivity contribution in [3.63, 3.8) is 0 Å². The van der Waals surface area contributed by atoms with Crippen molar-refractivity contribution in [2.45, 2.75) is 27.7 Å². The van der Waals surface area contributed by atoms with Crippen LogP contribution in [0.3, 0.4) is 0 Å². The van der Waals surface area contributed by atoms with Gasteiger partial charge in [0.15, 0.2) is 0 Å². The number of amides is 1. The number of nitrogens with zero attached hydrogens (tertiary/aromatic N) is 1. The molecule has 0 radical (unpaired) electrons. The van der Waals surface area contributed by atoms with Crippen molar-refractivity contribution in [3.8, 4) is 0 Å². The Bertz CT molecular complexity index is 611. The van der Waals surface area contributed by atoms with E-state index in [-0.39, 0.29) is 5.91 Å². The standard InChI is InChI=1S/C18H21NO/c1-5-19(16-11-13(2)10-14(3)12-16)18(20)17-9-7-6-8-15(17)4/h6-12H,5H2,1-4H3. The van der Waals surface area contributed by atoms with E-state index in [0.717, 1.165) is 16.8 Å². The molecule has 0 saturated carbocycles. The number of benzene rings is 2. The highest BCUT2D eigenvalue weighted by Gasteiger charge is 2.17. The zero-order valence-electron chi connectivity index (χ0n) is 12.6. The number of carbonyl (C=O) groups is 1. The molecule has 2 rings (SSSR count). The Balaban J connectivity index is 2.42. The molecule has 0 atom stereocenters. The first-order valence-corrected chi connectivity index (χ1v) is 6.98. The summed E-state index contributed by atoms with van der Waals surface area (Å²) < 4.78 is 0. The molecular formula is C18H21NO. The van der Waals surface area contributed by atoms with Gasteiger partial charge in [0, 0.05) is 17.8 Å². The Hall–Kier alpha value is -2.09. The molecule has 0 aliphatic rings. The summed E-state index contributed by atoms with van der Waals surface area (Å²) in [7, 11) is 0. The van der Waals surface area contributed by atoms with Crippen LogP contribution >= 0.6 is 0 Å². The van der Waals surface area contributed by atoms with E-state index in [1.807, 2.05) is 43.0 Å². The van der Waals surface area contributed by atoms with Gasteiger partial charge in [-0.1, -0.05) is 24.3 Å². The number of rotatable bonds is 3. The quantitative estimate of drug-likeness (QED) is 0.813. The highest BCUT2D eigenvalue weighted by molar-refractivity contribution is 6.07. The maximum absolute atomic E-state index is 12.7. The van der Waals surface area contributed by atoms with Crippen molar-refractivity contribution >= 4 is 11.6 Å². The van der Waals surface area contributed by atoms with Crippen LogP contribution in [0, 0.1) is 20.8 Å². The predicted octanol–water partition coefficient (Wildman–Crippen LogP) is 4.28. The van der Waals surface area contributed by atoms with Gasteiger partial charge in [0.25, 0.3) is 5.91 Å². The molecule has 2 heteroatoms. The van der Waals surface area contributed by atoms with Crippen molar-refractivity contribution < 1.29 is 4.79 Å². The Morgan fingerprint density at radius 2 is 1.60 bits per heavy atom. The molecule has 0 fully saturated rings. The Morgan fingerprint density at radius 1 is 1.00 bits per heavy atom. The van der Waals surface area contributed by atoms with Crippen LogP contribution in [-0.4, -0.2) is 12.5 Å². The van der Waals surface area contributed by atoms with Gasteiger partial charge in [0.05, 0.1) is 0 Å². The van der Waals surface area contributed by atoms with Gasteiger partial charge in [-0.15, -0.1) is 0 Å². The highest BCUT2D eigenvalue weighted by atomic mass is 16.2. The monoisotopic (exact) mass is 267 g/mol. The molecule has 0 heterocycles. The van der Waals surface area contributed by atoms with E-state index in [4.69, 9.17) is 0 Å². The third kappa shape index (κ3) is 2.90. The van der Waals surface area contributed by atoms with Crippen LogP contribution in [0.2, 0.25) is 0 Å². The van der Waals surface area contributed by atoms with E-state index in [1.54, 1.807) is 0 Å². The maximum Gasteiger partial charge on any atom is 0.258 e. The van der Waals surface area contributed by atoms with Crippen molar-refractivity contribution in [3.05, 3.63) is 64.7 Å². The maximum atomic E-state index is 12.7. The number of aryl methyl sites for hydroxylation is 3. The third-order valence-corrected chi connectivity index (χ3v) is 3.45. The van der Waals surface area contributed by atoms with Crippen LogP contribution in [0.25, 0.3) is 0 Å². The first kappa shape index (κ1) is 14.3. The van der Waals surface area contributed by atoms with Crippen molar-refractivity contribution in [2.24, 2.45) is 0 Å². The fraction of sp³-hybridized carbons (Fsp3) is 0.278. The molecule has 0 spiro atoms. The van der Waals surface area contributed by atoms with Gasteiger partial charge >= 0.3 is 0 Å². The lowest BCUT2D eigenvalue weighted by Crippen LogP contribution is -2.31. The third-order valence-electron chi connectivity index (χ3n) is 3.45. The summed E-state index contributed by atoms with van der Waals surface area (Å²) in [6.45, 7) is 8.76. The lowest BCUT2D eigenvalue weighted by Gasteiger charge is -2.23. The normalized spacial score (nSPS) is 10.4. The molecule has 0 bridgehead atoms. The van der Waals surface area contributed by atoms with E-state index < -0.39 is 0 Å². The minimum atomic E-state index is 0.0654. The van der Waals surface area contributed by atoms with Crippen LogP contribution in [0.15, 0.2) is 42.5 Å². The van der Waals surface area contributed by atoms with Crippen molar-refractivity contribution in [2.75, 3.05) is 11.4 Å². The largest absolute Gasteiger partial charge is 0.309 e. The van der Waals surface area contributed by atoms with Crippen LogP contribution in [0.1, 0.15) is 34.0 Å². The molecule has 0 aliphatic carbocycles. The zero-order valence-corrected chi connectivity index (χ0v) is 12.6. The average molecular weight is 267 g/mol. The van der Waals surface area contributed by atoms with E-state index in [2.05, 4.69) is 32.0 Å². The number of anilines is 1. The number of carbonyl (C=O) groups excluding carboxylic acids is 1. The molecule has 0 aromatic heterocycles. The SMILES string of the molecule is CCN(C(=O)c1ccccc1C)c1cc(C)cc(C)c1. The molecule has 0 saturated heterocycles. The van der Waals surface area contributed by atoms with Gasteiger partial charge in [-0.05, 0) is 62.6 Å². The zero-order chi connectivity index (χ0) is 14.7. The Morgan fingerprint density at radius 3 is 2.15 bits per heavy atom. The van der Waals surface area contributed by atoms with Gasteiger partial charge in [-0.2, -0.15) is 0 Å². The van der Waals surface area contributed by atoms with Crippen LogP contribution in [0.5, 0.6) is 0 Å². The van der Waals surface area contributed by atoms with Crippen molar-refractivity contribution in [1.82, 2.24) is 0 Å². The summed E-state index contributed by atoms with van der Waals surface area (Å²) in [5.41, 5.74) is 5.11. The lowest BCUT2D eigenvalue weighted by molar-refractivity contribution is 0.0987. The number of hydrogen-bond acceptors (Lipinski definition) is 1. The smallest absolute Gasteiger partial charge is 0.258 e. The van der Waals surface area contributed by atoms with Gasteiger partial charge in [-0.3, -0.25) is 4.79 Å². The minimum absolute atomic E-state index is 0.0654. The van der Waals surface area contributed by atoms with E-state index in [9.17, 15) is 4.79 Å². The summed E-state index contributed by atoms with van der Waals surface area (Å²) in [4.78, 5) is 14.6. The molecule has 104 valence electrons. The molecule has 1 amide bonds. The summed E-state index contributed by atoms with van der Waals surface area (Å²) >= 11 is 0. The Labute approximate surface area is 121 Å². The predicted molar refractivity (Wildman–Crippen MR) is 84.4 cm³/mol. The second kappa shape index (κ2) is 5.91. The highest BCUT2D eigenvalue weighted by Crippen LogP contribution is 2.21. The van der Waals surface area contributed by atoms with E-state index in [0.29, 0.717) is 6.54 Å². The summed E-state index contributed by atoms with van der Waals surface area (Å²) in [6.07, 6.45) is 0. The van der Waals surface area contributed by atoms with Crippen LogP contribution in [-0.2, 0) is 0 Å². The molecule has 0 unspecified atom stereocenters. The van der Waals surface area contributed by atoms with Crippen molar-refractivity contribution in [1.29, 1.82) is 0 Å². The lowest BCUT2D eigenvalue weighted by atomic mass is 10.1. The topological polar surface area (TPSA) is 20.3 Å². The second-order valence-electron chi connectivity index (χ2n) is 5.21. The molecule has 2 aromatic carbocycles. The number of hydrogen-bond donors (Lipinski definition) is 0. The van der Waals surface area contributed by atoms with E-state index in [1.165, 1.54) is 11.1 Å². The second-order valence-corrected chi connectivity index (χ2v) is 5.21. The van der Waals surface area contributed by atoms with Crippen LogP contribution in [0.4, 0.5) is 5.69 Å². The fourth-order valence-corrected chi connectivity index (χ4v) is 2.51. The summed E-state index contributed by atoms with van der Waals surface area (Å²) in [5.74, 6) is 0.0654. The van der Waals surface area contributed by atoms with Gasteiger partial charge < -0.3 is 4.90 Å². The minimum Gasteiger partial charge on any atom is -0.309 e. The van der Waals surface area contributed by atoms with Gasteiger partial charge in [-0.25, -0.2) is 0 Å². The van der Waals surface area contributed by atoms with E-state index >= 15 is 0 Å². The molecule has 2 aromatic rings. The fourth-order valence-electron chi connectivity index (χ4n) is 2.51. The molecule has 2 nitrogen and oxygen atoms in total. The first-order chi connectivity index (χ1) is 9.52. The Kier molecular flexibility index (Phi) is 4.23. The first-order valence-electron chi connectivity index (χ1n) is 6.98. The molecular weight excluding hydrogens is 246 g/mol. The van der Waals surface area contributed by atoms with Gasteiger partial charge in [0.2, 0.25) is 0 Å². The summed E-state index contributed by atoms with van der Waals surface area (Å²) in [5, 5.41) is 0. The van der Waals surface area contributed by atoms with Gasteiger partial charge in [0.1, 0.15) is 0 Å². The van der Waals surface area contributed by atoms with Crippen LogP contribution < -0.4 is 4.90 Å². The molecule has 0 N–H and O–H groups in total. The molecule has 0 aliphatic heterocycles. The average Bonchev–Trinajstić information content (AvgIpc) is 2.38. The molecule has 20 heavy (non-hydrogen) atoms. The summed E-state index contributed by atoms with van der Waals surface area (Å²) in [6, 6.07) is 14.0.